The number of halogens is 2. The summed E-state index contributed by atoms with van der Waals surface area (Å²) >= 11 is 0. The molecule has 0 radical (unpaired) electrons. The molecular formula is C17H18F2N2O2. The van der Waals surface area contributed by atoms with E-state index in [2.05, 4.69) is 5.32 Å². The van der Waals surface area contributed by atoms with Crippen LogP contribution in [0.1, 0.15) is 11.7 Å². The number of likely N-dealkylation sites (N-methyl/N-ethyl adjacent to an activating group) is 1. The van der Waals surface area contributed by atoms with Gasteiger partial charge >= 0.3 is 0 Å². The lowest BCUT2D eigenvalue weighted by atomic mass is 10.1. The van der Waals surface area contributed by atoms with E-state index in [-0.39, 0.29) is 18.8 Å². The van der Waals surface area contributed by atoms with Gasteiger partial charge in [-0.1, -0.05) is 30.3 Å². The third-order valence-corrected chi connectivity index (χ3v) is 3.23. The molecule has 4 nitrogen and oxygen atoms in total. The highest BCUT2D eigenvalue weighted by atomic mass is 19.1. The van der Waals surface area contributed by atoms with E-state index in [0.717, 1.165) is 23.8 Å². The number of carbonyl (C=O) groups is 1. The first-order valence-electron chi connectivity index (χ1n) is 7.11. The van der Waals surface area contributed by atoms with E-state index in [1.807, 2.05) is 18.2 Å². The highest BCUT2D eigenvalue weighted by Crippen LogP contribution is 2.14. The third kappa shape index (κ3) is 5.43. The summed E-state index contributed by atoms with van der Waals surface area (Å²) in [7, 11) is 1.68. The molecule has 1 atom stereocenters. The van der Waals surface area contributed by atoms with Gasteiger partial charge in [0.25, 0.3) is 0 Å². The first-order valence-corrected chi connectivity index (χ1v) is 7.11. The van der Waals surface area contributed by atoms with Gasteiger partial charge in [-0.2, -0.15) is 0 Å². The average Bonchev–Trinajstić information content (AvgIpc) is 2.46. The van der Waals surface area contributed by atoms with Crippen molar-refractivity contribution in [2.75, 3.05) is 25.5 Å². The van der Waals surface area contributed by atoms with E-state index < -0.39 is 23.6 Å². The number of carbonyl (C=O) groups excluding carboxylic acids is 1. The van der Waals surface area contributed by atoms with Crippen molar-refractivity contribution in [3.63, 3.8) is 0 Å². The Hall–Kier alpha value is -2.31. The summed E-state index contributed by atoms with van der Waals surface area (Å²) in [4.78, 5) is 13.5. The van der Waals surface area contributed by atoms with Gasteiger partial charge in [0.05, 0.1) is 12.6 Å². The maximum atomic E-state index is 13.1. The topological polar surface area (TPSA) is 52.6 Å². The molecule has 0 aliphatic heterocycles. The van der Waals surface area contributed by atoms with Crippen molar-refractivity contribution < 1.29 is 18.7 Å². The summed E-state index contributed by atoms with van der Waals surface area (Å²) in [6.07, 6.45) is -0.722. The standard InChI is InChI=1S/C17H18F2N2O2/c1-21(10-16(22)12-5-3-2-4-6-12)11-17(23)20-15-8-13(18)7-14(19)9-15/h2-9,16,22H,10-11H2,1H3,(H,20,23). The monoisotopic (exact) mass is 320 g/mol. The number of aliphatic hydroxyl groups is 1. The summed E-state index contributed by atoms with van der Waals surface area (Å²) in [5, 5.41) is 12.5. The minimum absolute atomic E-state index is 0.0119. The fourth-order valence-corrected chi connectivity index (χ4v) is 2.21. The van der Waals surface area contributed by atoms with Crippen LogP contribution in [0, 0.1) is 11.6 Å². The molecule has 1 amide bonds. The Bertz CT molecular complexity index is 645. The van der Waals surface area contributed by atoms with Crippen LogP contribution in [0.15, 0.2) is 48.5 Å². The Morgan fingerprint density at radius 1 is 1.17 bits per heavy atom. The number of nitrogens with one attached hydrogen (secondary N) is 1. The van der Waals surface area contributed by atoms with E-state index >= 15 is 0 Å². The molecule has 1 unspecified atom stereocenters. The van der Waals surface area contributed by atoms with Gasteiger partial charge in [0.2, 0.25) is 5.91 Å². The molecule has 0 spiro atoms. The molecule has 0 heterocycles. The number of rotatable bonds is 6. The Morgan fingerprint density at radius 3 is 2.39 bits per heavy atom. The molecule has 122 valence electrons. The minimum Gasteiger partial charge on any atom is -0.387 e. The summed E-state index contributed by atoms with van der Waals surface area (Å²) in [5.74, 6) is -1.93. The van der Waals surface area contributed by atoms with Crippen LogP contribution >= 0.6 is 0 Å². The lowest BCUT2D eigenvalue weighted by Crippen LogP contribution is -2.33. The van der Waals surface area contributed by atoms with Crippen LogP contribution in [-0.2, 0) is 4.79 Å². The van der Waals surface area contributed by atoms with Gasteiger partial charge in [-0.05, 0) is 24.7 Å². The summed E-state index contributed by atoms with van der Waals surface area (Å²) < 4.78 is 26.1. The van der Waals surface area contributed by atoms with Crippen LogP contribution in [0.4, 0.5) is 14.5 Å². The van der Waals surface area contributed by atoms with Crippen LogP contribution in [-0.4, -0.2) is 36.1 Å². The van der Waals surface area contributed by atoms with E-state index in [4.69, 9.17) is 0 Å². The number of hydrogen-bond donors (Lipinski definition) is 2. The molecule has 0 bridgehead atoms. The summed E-state index contributed by atoms with van der Waals surface area (Å²) in [6.45, 7) is 0.247. The molecule has 2 N–H and O–H groups in total. The SMILES string of the molecule is CN(CC(=O)Nc1cc(F)cc(F)c1)CC(O)c1ccccc1. The highest BCUT2D eigenvalue weighted by Gasteiger charge is 2.13. The van der Waals surface area contributed by atoms with E-state index in [1.54, 1.807) is 24.1 Å². The van der Waals surface area contributed by atoms with Crippen LogP contribution < -0.4 is 5.32 Å². The van der Waals surface area contributed by atoms with Crippen molar-refractivity contribution in [1.29, 1.82) is 0 Å². The maximum Gasteiger partial charge on any atom is 0.238 e. The minimum atomic E-state index is -0.756. The quantitative estimate of drug-likeness (QED) is 0.860. The lowest BCUT2D eigenvalue weighted by Gasteiger charge is -2.20. The molecule has 2 aromatic carbocycles. The molecular weight excluding hydrogens is 302 g/mol. The van der Waals surface area contributed by atoms with Gasteiger partial charge in [-0.25, -0.2) is 8.78 Å². The zero-order chi connectivity index (χ0) is 16.8. The summed E-state index contributed by atoms with van der Waals surface area (Å²) in [6, 6.07) is 11.9. The molecule has 2 aromatic rings. The van der Waals surface area contributed by atoms with Gasteiger partial charge in [-0.3, -0.25) is 9.69 Å². The highest BCUT2D eigenvalue weighted by molar-refractivity contribution is 5.92. The van der Waals surface area contributed by atoms with Gasteiger partial charge in [0, 0.05) is 18.3 Å². The molecule has 0 saturated carbocycles. The maximum absolute atomic E-state index is 13.1. The largest absolute Gasteiger partial charge is 0.387 e. The Kier molecular flexibility index (Phi) is 5.78. The second-order valence-corrected chi connectivity index (χ2v) is 5.33. The second kappa shape index (κ2) is 7.80. The van der Waals surface area contributed by atoms with Crippen molar-refractivity contribution in [2.24, 2.45) is 0 Å². The first kappa shape index (κ1) is 17.1. The second-order valence-electron chi connectivity index (χ2n) is 5.33. The summed E-state index contributed by atoms with van der Waals surface area (Å²) in [5.41, 5.74) is 0.816. The number of aliphatic hydroxyl groups excluding tert-OH is 1. The molecule has 0 aromatic heterocycles. The number of anilines is 1. The van der Waals surface area contributed by atoms with Crippen molar-refractivity contribution in [1.82, 2.24) is 4.90 Å². The van der Waals surface area contributed by atoms with Crippen molar-refractivity contribution in [2.45, 2.75) is 6.10 Å². The number of benzene rings is 2. The molecule has 0 saturated heterocycles. The fourth-order valence-electron chi connectivity index (χ4n) is 2.21. The number of nitrogens with zero attached hydrogens (tertiary/aromatic N) is 1. The molecule has 0 aliphatic carbocycles. The lowest BCUT2D eigenvalue weighted by molar-refractivity contribution is -0.117. The van der Waals surface area contributed by atoms with Gasteiger partial charge in [-0.15, -0.1) is 0 Å². The molecule has 2 rings (SSSR count). The smallest absolute Gasteiger partial charge is 0.238 e. The van der Waals surface area contributed by atoms with Crippen LogP contribution in [0.25, 0.3) is 0 Å². The Labute approximate surface area is 133 Å². The average molecular weight is 320 g/mol. The van der Waals surface area contributed by atoms with E-state index in [0.29, 0.717) is 0 Å². The normalized spacial score (nSPS) is 12.2. The first-order chi connectivity index (χ1) is 10.9. The van der Waals surface area contributed by atoms with E-state index in [1.165, 1.54) is 0 Å². The van der Waals surface area contributed by atoms with Crippen LogP contribution in [0.3, 0.4) is 0 Å². The predicted molar refractivity (Wildman–Crippen MR) is 83.9 cm³/mol. The molecule has 6 heteroatoms. The van der Waals surface area contributed by atoms with Gasteiger partial charge in [0.1, 0.15) is 11.6 Å². The molecule has 23 heavy (non-hydrogen) atoms. The van der Waals surface area contributed by atoms with Crippen molar-refractivity contribution in [3.8, 4) is 0 Å². The van der Waals surface area contributed by atoms with Crippen molar-refractivity contribution >= 4 is 11.6 Å². The fraction of sp³-hybridized carbons (Fsp3) is 0.235. The zero-order valence-electron chi connectivity index (χ0n) is 12.7. The van der Waals surface area contributed by atoms with Crippen LogP contribution in [0.5, 0.6) is 0 Å². The van der Waals surface area contributed by atoms with Gasteiger partial charge < -0.3 is 10.4 Å². The Morgan fingerprint density at radius 2 is 1.78 bits per heavy atom. The third-order valence-electron chi connectivity index (χ3n) is 3.23. The molecule has 0 fully saturated rings. The van der Waals surface area contributed by atoms with E-state index in [9.17, 15) is 18.7 Å². The molecule has 0 aliphatic rings. The zero-order valence-corrected chi connectivity index (χ0v) is 12.7. The number of hydrogen-bond acceptors (Lipinski definition) is 3. The predicted octanol–water partition coefficient (Wildman–Crippen LogP) is 2.57. The Balaban J connectivity index is 1.87. The van der Waals surface area contributed by atoms with Crippen LogP contribution in [0.2, 0.25) is 0 Å². The van der Waals surface area contributed by atoms with Gasteiger partial charge in [0.15, 0.2) is 0 Å². The number of amides is 1. The van der Waals surface area contributed by atoms with Crippen molar-refractivity contribution in [3.05, 3.63) is 65.7 Å².